The Bertz CT molecular complexity index is 776. The number of para-hydroxylation sites is 1. The van der Waals surface area contributed by atoms with Crippen molar-refractivity contribution in [3.63, 3.8) is 0 Å². The first-order chi connectivity index (χ1) is 8.43. The Morgan fingerprint density at radius 2 is 2.18 bits per heavy atom. The van der Waals surface area contributed by atoms with Crippen molar-refractivity contribution < 1.29 is 4.42 Å². The number of nitrogens with zero attached hydrogens (tertiary/aromatic N) is 1. The van der Waals surface area contributed by atoms with Gasteiger partial charge in [-0.2, -0.15) is 0 Å². The number of benzene rings is 1. The fourth-order valence-electron chi connectivity index (χ4n) is 2.75. The van der Waals surface area contributed by atoms with E-state index in [9.17, 15) is 0 Å². The molecule has 4 rings (SSSR count). The molecule has 1 aromatic carbocycles. The molecule has 3 aromatic rings. The van der Waals surface area contributed by atoms with E-state index >= 15 is 0 Å². The van der Waals surface area contributed by atoms with Crippen molar-refractivity contribution in [1.29, 1.82) is 0 Å². The Kier molecular flexibility index (Phi) is 1.75. The molecule has 0 atom stereocenters. The quantitative estimate of drug-likeness (QED) is 0.572. The lowest BCUT2D eigenvalue weighted by Gasteiger charge is -2.05. The van der Waals surface area contributed by atoms with Crippen LogP contribution < -0.4 is 5.35 Å². The van der Waals surface area contributed by atoms with E-state index in [2.05, 4.69) is 28.8 Å². The van der Waals surface area contributed by atoms with E-state index in [0.717, 1.165) is 18.4 Å². The summed E-state index contributed by atoms with van der Waals surface area (Å²) in [5, 5.41) is 2.54. The van der Waals surface area contributed by atoms with Gasteiger partial charge in [-0.05, 0) is 31.4 Å². The van der Waals surface area contributed by atoms with E-state index < -0.39 is 0 Å². The second kappa shape index (κ2) is 3.27. The molecule has 0 unspecified atom stereocenters. The first-order valence-electron chi connectivity index (χ1n) is 6.10. The van der Waals surface area contributed by atoms with Gasteiger partial charge in [-0.1, -0.05) is 18.2 Å². The fraction of sp³-hybridized carbons (Fsp3) is 0.200. The number of aryl methyl sites for hydroxylation is 1. The second-order valence-corrected chi connectivity index (χ2v) is 4.62. The van der Waals surface area contributed by atoms with Gasteiger partial charge in [-0.25, -0.2) is 0 Å². The lowest BCUT2D eigenvalue weighted by Crippen LogP contribution is -2.18. The van der Waals surface area contributed by atoms with Gasteiger partial charge in [-0.3, -0.25) is 0 Å². The Labute approximate surface area is 98.8 Å². The third-order valence-corrected chi connectivity index (χ3v) is 3.58. The van der Waals surface area contributed by atoms with Gasteiger partial charge in [0, 0.05) is 22.5 Å². The summed E-state index contributed by atoms with van der Waals surface area (Å²) in [6, 6.07) is 8.37. The molecule has 0 bridgehead atoms. The summed E-state index contributed by atoms with van der Waals surface area (Å²) in [6.07, 6.45) is 9.88. The molecule has 84 valence electrons. The Hall–Kier alpha value is -1.96. The third kappa shape index (κ3) is 1.21. The summed E-state index contributed by atoms with van der Waals surface area (Å²) in [4.78, 5) is 0. The van der Waals surface area contributed by atoms with Crippen LogP contribution in [0.25, 0.3) is 22.6 Å². The summed E-state index contributed by atoms with van der Waals surface area (Å²) in [7, 11) is 0. The molecule has 0 amide bonds. The van der Waals surface area contributed by atoms with E-state index in [0.29, 0.717) is 0 Å². The van der Waals surface area contributed by atoms with Crippen LogP contribution in [0.2, 0.25) is 0 Å². The number of aromatic nitrogens is 1. The van der Waals surface area contributed by atoms with E-state index in [1.54, 1.807) is 0 Å². The van der Waals surface area contributed by atoms with Crippen molar-refractivity contribution >= 4 is 22.6 Å². The smallest absolute Gasteiger partial charge is 0.151 e. The third-order valence-electron chi connectivity index (χ3n) is 3.58. The summed E-state index contributed by atoms with van der Waals surface area (Å²) in [5.74, 6) is 0. The molecule has 0 aliphatic heterocycles. The molecule has 17 heavy (non-hydrogen) atoms. The molecule has 0 fully saturated rings. The standard InChI is InChI=1S/C15H13NO/c1-2-6-13-12(4-1)10-17-14-7-3-5-11-8-9-16(13)15(11)14/h3,5-10H,1-2,4H2. The predicted molar refractivity (Wildman–Crippen MR) is 68.6 cm³/mol. The summed E-state index contributed by atoms with van der Waals surface area (Å²) in [6.45, 7) is 0. The number of fused-ring (bicyclic) bond motifs is 2. The monoisotopic (exact) mass is 223 g/mol. The predicted octanol–water partition coefficient (Wildman–Crippen LogP) is 3.08. The molecular weight excluding hydrogens is 210 g/mol. The molecule has 0 saturated carbocycles. The molecule has 0 N–H and O–H groups in total. The van der Waals surface area contributed by atoms with Crippen molar-refractivity contribution in [2.45, 2.75) is 19.3 Å². The van der Waals surface area contributed by atoms with Gasteiger partial charge in [0.25, 0.3) is 0 Å². The average molecular weight is 223 g/mol. The maximum absolute atomic E-state index is 5.82. The van der Waals surface area contributed by atoms with Gasteiger partial charge >= 0.3 is 0 Å². The van der Waals surface area contributed by atoms with Gasteiger partial charge in [0.1, 0.15) is 0 Å². The average Bonchev–Trinajstić information content (AvgIpc) is 2.73. The molecule has 1 aliphatic rings. The molecule has 2 nitrogen and oxygen atoms in total. The highest BCUT2D eigenvalue weighted by Crippen LogP contribution is 2.21. The topological polar surface area (TPSA) is 17.6 Å². The Balaban J connectivity index is 2.36. The minimum Gasteiger partial charge on any atom is -0.462 e. The number of rotatable bonds is 0. The zero-order valence-corrected chi connectivity index (χ0v) is 9.52. The van der Waals surface area contributed by atoms with Crippen LogP contribution in [0.3, 0.4) is 0 Å². The summed E-state index contributed by atoms with van der Waals surface area (Å²) >= 11 is 0. The first kappa shape index (κ1) is 9.11. The highest BCUT2D eigenvalue weighted by atomic mass is 16.3. The number of hydrogen-bond acceptors (Lipinski definition) is 1. The van der Waals surface area contributed by atoms with Crippen molar-refractivity contribution in [3.05, 3.63) is 47.6 Å². The van der Waals surface area contributed by atoms with E-state index in [4.69, 9.17) is 4.42 Å². The van der Waals surface area contributed by atoms with E-state index in [1.807, 2.05) is 18.4 Å². The fourth-order valence-corrected chi connectivity index (χ4v) is 2.75. The van der Waals surface area contributed by atoms with Crippen LogP contribution in [0.4, 0.5) is 0 Å². The van der Waals surface area contributed by atoms with Gasteiger partial charge in [0.2, 0.25) is 0 Å². The highest BCUT2D eigenvalue weighted by Gasteiger charge is 2.08. The number of hydrogen-bond donors (Lipinski definition) is 0. The first-order valence-corrected chi connectivity index (χ1v) is 6.10. The van der Waals surface area contributed by atoms with Crippen LogP contribution in [-0.2, 0) is 6.42 Å². The molecule has 1 aliphatic carbocycles. The van der Waals surface area contributed by atoms with Gasteiger partial charge in [0.15, 0.2) is 5.58 Å². The maximum atomic E-state index is 5.82. The largest absolute Gasteiger partial charge is 0.462 e. The van der Waals surface area contributed by atoms with Crippen molar-refractivity contribution in [2.75, 3.05) is 0 Å². The van der Waals surface area contributed by atoms with Gasteiger partial charge in [-0.15, -0.1) is 0 Å². The van der Waals surface area contributed by atoms with Crippen LogP contribution in [0, 0.1) is 0 Å². The van der Waals surface area contributed by atoms with Crippen LogP contribution >= 0.6 is 0 Å². The van der Waals surface area contributed by atoms with Crippen molar-refractivity contribution in [3.8, 4) is 0 Å². The minimum atomic E-state index is 0.954. The SMILES string of the molecule is C1=c2c(coc3cccc4ccn2c43)CCC1. The zero-order valence-electron chi connectivity index (χ0n) is 9.52. The normalized spacial score (nSPS) is 14.8. The van der Waals surface area contributed by atoms with Crippen LogP contribution in [-0.4, -0.2) is 4.40 Å². The maximum Gasteiger partial charge on any atom is 0.151 e. The van der Waals surface area contributed by atoms with Gasteiger partial charge in [0.05, 0.1) is 11.8 Å². The highest BCUT2D eigenvalue weighted by molar-refractivity contribution is 5.92. The molecule has 0 saturated heterocycles. The summed E-state index contributed by atoms with van der Waals surface area (Å²) < 4.78 is 8.09. The summed E-state index contributed by atoms with van der Waals surface area (Å²) in [5.41, 5.74) is 3.45. The lowest BCUT2D eigenvalue weighted by atomic mass is 10.1. The molecule has 2 aromatic heterocycles. The van der Waals surface area contributed by atoms with E-state index in [-0.39, 0.29) is 0 Å². The van der Waals surface area contributed by atoms with Crippen molar-refractivity contribution in [2.24, 2.45) is 0 Å². The minimum absolute atomic E-state index is 0.954. The Morgan fingerprint density at radius 3 is 3.18 bits per heavy atom. The molecule has 2 heterocycles. The Morgan fingerprint density at radius 1 is 1.18 bits per heavy atom. The van der Waals surface area contributed by atoms with E-state index in [1.165, 1.54) is 28.2 Å². The van der Waals surface area contributed by atoms with Crippen LogP contribution in [0.15, 0.2) is 41.1 Å². The molecular formula is C15H13NO. The molecule has 0 spiro atoms. The van der Waals surface area contributed by atoms with Crippen LogP contribution in [0.5, 0.6) is 0 Å². The zero-order chi connectivity index (χ0) is 11.2. The van der Waals surface area contributed by atoms with Crippen molar-refractivity contribution in [1.82, 2.24) is 4.40 Å². The lowest BCUT2D eigenvalue weighted by molar-refractivity contribution is 0.595. The molecule has 0 radical (unpaired) electrons. The van der Waals surface area contributed by atoms with Gasteiger partial charge < -0.3 is 8.82 Å². The second-order valence-electron chi connectivity index (χ2n) is 4.62. The van der Waals surface area contributed by atoms with Crippen LogP contribution in [0.1, 0.15) is 18.4 Å². The molecule has 2 heteroatoms.